The summed E-state index contributed by atoms with van der Waals surface area (Å²) in [5, 5.41) is 4.64. The van der Waals surface area contributed by atoms with Gasteiger partial charge in [0, 0.05) is 12.1 Å². The lowest BCUT2D eigenvalue weighted by atomic mass is 10.0. The van der Waals surface area contributed by atoms with E-state index in [2.05, 4.69) is 10.3 Å². The van der Waals surface area contributed by atoms with Gasteiger partial charge in [0.25, 0.3) is 5.56 Å². The number of nitrogens with one attached hydrogen (secondary N) is 2. The van der Waals surface area contributed by atoms with Crippen LogP contribution in [-0.2, 0) is 19.6 Å². The molecule has 0 fully saturated rings. The Morgan fingerprint density at radius 1 is 1.12 bits per heavy atom. The number of aromatic nitrogens is 1. The topological polar surface area (TPSA) is 61.3 Å². The summed E-state index contributed by atoms with van der Waals surface area (Å²) in [7, 11) is 0. The second-order valence-corrected chi connectivity index (χ2v) is 8.20. The van der Waals surface area contributed by atoms with E-state index >= 15 is 0 Å². The lowest BCUT2D eigenvalue weighted by Gasteiger charge is -2.26. The minimum atomic E-state index is -0.296. The molecule has 0 spiro atoms. The first-order valence-corrected chi connectivity index (χ1v) is 10.7. The molecule has 0 saturated heterocycles. The maximum atomic E-state index is 13.4. The Morgan fingerprint density at radius 2 is 1.91 bits per heavy atom. The molecule has 0 amide bonds. The molecule has 0 bridgehead atoms. The molecule has 164 valence electrons. The molecule has 4 aromatic rings. The van der Waals surface area contributed by atoms with Crippen molar-refractivity contribution in [1.29, 1.82) is 0 Å². The van der Waals surface area contributed by atoms with E-state index in [0.717, 1.165) is 33.4 Å². The van der Waals surface area contributed by atoms with Gasteiger partial charge in [-0.15, -0.1) is 0 Å². The highest BCUT2D eigenvalue weighted by Crippen LogP contribution is 2.20. The molecule has 0 atom stereocenters. The first-order chi connectivity index (χ1) is 15.4. The van der Waals surface area contributed by atoms with E-state index in [9.17, 15) is 9.18 Å². The van der Waals surface area contributed by atoms with Crippen molar-refractivity contribution < 1.29 is 8.81 Å². The summed E-state index contributed by atoms with van der Waals surface area (Å²) < 4.78 is 18.7. The van der Waals surface area contributed by atoms with Gasteiger partial charge in [-0.05, 0) is 78.5 Å². The minimum Gasteiger partial charge on any atom is -0.467 e. The van der Waals surface area contributed by atoms with Gasteiger partial charge in [0.05, 0.1) is 24.9 Å². The molecule has 2 heterocycles. The Morgan fingerprint density at radius 3 is 2.62 bits per heavy atom. The third-order valence-corrected chi connectivity index (χ3v) is 5.96. The van der Waals surface area contributed by atoms with E-state index in [4.69, 9.17) is 16.6 Å². The van der Waals surface area contributed by atoms with Gasteiger partial charge in [0.15, 0.2) is 5.11 Å². The monoisotopic (exact) mass is 449 g/mol. The molecule has 2 aromatic heterocycles. The third-order valence-electron chi connectivity index (χ3n) is 5.56. The zero-order chi connectivity index (χ0) is 22.7. The standard InChI is InChI=1S/C25H24FN3O2S/c1-16-5-8-19-12-20(24(30)28-23(19)17(16)2)15-29(14-18-6-9-21(26)10-7-18)25(32)27-13-22-4-3-11-31-22/h3-12H,13-15H2,1-2H3,(H,27,32)(H,28,30). The second kappa shape index (κ2) is 9.36. The van der Waals surface area contributed by atoms with Crippen LogP contribution in [0, 0.1) is 19.7 Å². The average molecular weight is 450 g/mol. The van der Waals surface area contributed by atoms with Gasteiger partial charge < -0.3 is 19.6 Å². The van der Waals surface area contributed by atoms with Crippen molar-refractivity contribution in [1.82, 2.24) is 15.2 Å². The molecule has 0 saturated carbocycles. The van der Waals surface area contributed by atoms with Gasteiger partial charge in [-0.1, -0.05) is 24.3 Å². The lowest BCUT2D eigenvalue weighted by Crippen LogP contribution is -2.39. The van der Waals surface area contributed by atoms with Gasteiger partial charge in [-0.2, -0.15) is 0 Å². The Balaban J connectivity index is 1.62. The van der Waals surface area contributed by atoms with Crippen LogP contribution in [0.25, 0.3) is 10.9 Å². The highest BCUT2D eigenvalue weighted by Gasteiger charge is 2.15. The fourth-order valence-corrected chi connectivity index (χ4v) is 3.79. The smallest absolute Gasteiger partial charge is 0.253 e. The van der Waals surface area contributed by atoms with Crippen LogP contribution in [0.15, 0.2) is 70.1 Å². The van der Waals surface area contributed by atoms with Crippen LogP contribution in [0.2, 0.25) is 0 Å². The highest BCUT2D eigenvalue weighted by atomic mass is 32.1. The molecule has 0 radical (unpaired) electrons. The zero-order valence-electron chi connectivity index (χ0n) is 17.9. The van der Waals surface area contributed by atoms with E-state index in [1.807, 2.05) is 49.1 Å². The van der Waals surface area contributed by atoms with Gasteiger partial charge in [0.1, 0.15) is 11.6 Å². The van der Waals surface area contributed by atoms with Crippen LogP contribution in [0.5, 0.6) is 0 Å². The summed E-state index contributed by atoms with van der Waals surface area (Å²) in [5.41, 5.74) is 4.38. The maximum Gasteiger partial charge on any atom is 0.253 e. The van der Waals surface area contributed by atoms with Crippen molar-refractivity contribution >= 4 is 28.2 Å². The van der Waals surface area contributed by atoms with E-state index < -0.39 is 0 Å². The van der Waals surface area contributed by atoms with Gasteiger partial charge in [0.2, 0.25) is 0 Å². The number of rotatable bonds is 6. The fourth-order valence-electron chi connectivity index (χ4n) is 3.59. The summed E-state index contributed by atoms with van der Waals surface area (Å²) in [6, 6.07) is 15.9. The number of H-pyrrole nitrogens is 1. The van der Waals surface area contributed by atoms with Crippen molar-refractivity contribution in [2.45, 2.75) is 33.5 Å². The van der Waals surface area contributed by atoms with Crippen molar-refractivity contribution in [2.24, 2.45) is 0 Å². The van der Waals surface area contributed by atoms with Crippen molar-refractivity contribution in [3.8, 4) is 0 Å². The molecule has 2 N–H and O–H groups in total. The van der Waals surface area contributed by atoms with Crippen LogP contribution < -0.4 is 10.9 Å². The first-order valence-electron chi connectivity index (χ1n) is 10.3. The van der Waals surface area contributed by atoms with E-state index in [0.29, 0.717) is 30.3 Å². The Hall–Kier alpha value is -3.45. The van der Waals surface area contributed by atoms with E-state index in [1.54, 1.807) is 18.4 Å². The zero-order valence-corrected chi connectivity index (χ0v) is 18.8. The third kappa shape index (κ3) is 4.89. The average Bonchev–Trinajstić information content (AvgIpc) is 3.30. The van der Waals surface area contributed by atoms with Crippen molar-refractivity contribution in [2.75, 3.05) is 0 Å². The van der Waals surface area contributed by atoms with Gasteiger partial charge in [-0.3, -0.25) is 4.79 Å². The Labute approximate surface area is 190 Å². The van der Waals surface area contributed by atoms with E-state index in [-0.39, 0.29) is 11.4 Å². The molecule has 32 heavy (non-hydrogen) atoms. The number of nitrogens with zero attached hydrogens (tertiary/aromatic N) is 1. The quantitative estimate of drug-likeness (QED) is 0.408. The summed E-state index contributed by atoms with van der Waals surface area (Å²) >= 11 is 5.64. The Bertz CT molecular complexity index is 1300. The predicted molar refractivity (Wildman–Crippen MR) is 128 cm³/mol. The molecule has 0 aliphatic heterocycles. The molecular weight excluding hydrogens is 425 g/mol. The van der Waals surface area contributed by atoms with Crippen molar-refractivity contribution in [3.63, 3.8) is 0 Å². The normalized spacial score (nSPS) is 11.0. The number of aromatic amines is 1. The molecule has 0 unspecified atom stereocenters. The predicted octanol–water partition coefficient (Wildman–Crippen LogP) is 4.95. The number of thiocarbonyl (C=S) groups is 1. The summed E-state index contributed by atoms with van der Waals surface area (Å²) in [6.07, 6.45) is 1.61. The molecular formula is C25H24FN3O2S. The number of aryl methyl sites for hydroxylation is 2. The first kappa shape index (κ1) is 21.8. The van der Waals surface area contributed by atoms with Crippen LogP contribution >= 0.6 is 12.2 Å². The molecule has 0 aliphatic rings. The van der Waals surface area contributed by atoms with Crippen LogP contribution in [0.1, 0.15) is 28.0 Å². The number of pyridine rings is 1. The maximum absolute atomic E-state index is 13.4. The fraction of sp³-hybridized carbons (Fsp3) is 0.200. The Kier molecular flexibility index (Phi) is 6.37. The summed E-state index contributed by atoms with van der Waals surface area (Å²) in [5.74, 6) is 0.457. The van der Waals surface area contributed by atoms with Crippen molar-refractivity contribution in [3.05, 3.63) is 105 Å². The lowest BCUT2D eigenvalue weighted by molar-refractivity contribution is 0.393. The second-order valence-electron chi connectivity index (χ2n) is 7.82. The molecule has 2 aromatic carbocycles. The molecule has 5 nitrogen and oxygen atoms in total. The number of hydrogen-bond acceptors (Lipinski definition) is 3. The number of furan rings is 1. The minimum absolute atomic E-state index is 0.149. The summed E-state index contributed by atoms with van der Waals surface area (Å²) in [4.78, 5) is 17.8. The molecule has 4 rings (SSSR count). The van der Waals surface area contributed by atoms with Gasteiger partial charge >= 0.3 is 0 Å². The number of halogens is 1. The van der Waals surface area contributed by atoms with Crippen LogP contribution in [0.3, 0.4) is 0 Å². The number of benzene rings is 2. The largest absolute Gasteiger partial charge is 0.467 e. The SMILES string of the molecule is Cc1ccc2cc(CN(Cc3ccc(F)cc3)C(=S)NCc3ccco3)c(=O)[nH]c2c1C. The van der Waals surface area contributed by atoms with Crippen LogP contribution in [-0.4, -0.2) is 15.0 Å². The number of fused-ring (bicyclic) bond motifs is 1. The molecule has 7 heteroatoms. The van der Waals surface area contributed by atoms with Gasteiger partial charge in [-0.25, -0.2) is 4.39 Å². The highest BCUT2D eigenvalue weighted by molar-refractivity contribution is 7.80. The van der Waals surface area contributed by atoms with Crippen LogP contribution in [0.4, 0.5) is 4.39 Å². The van der Waals surface area contributed by atoms with E-state index in [1.165, 1.54) is 12.1 Å². The molecule has 0 aliphatic carbocycles. The number of hydrogen-bond donors (Lipinski definition) is 2. The summed E-state index contributed by atoms with van der Waals surface area (Å²) in [6.45, 7) is 5.18.